The third-order valence-corrected chi connectivity index (χ3v) is 8.53. The van der Waals surface area contributed by atoms with E-state index in [4.69, 9.17) is 4.74 Å². The number of rotatable bonds is 3. The predicted molar refractivity (Wildman–Crippen MR) is 129 cm³/mol. The fourth-order valence-electron chi connectivity index (χ4n) is 7.08. The van der Waals surface area contributed by atoms with Gasteiger partial charge in [0.05, 0.1) is 7.11 Å². The SMILES string of the molecule is C1=CCC=C1.COc1ccc2c(c1)CCC1C2CC[C@]2(C)C[C@@H](NC3C=CC=C3)CC12.[Fe+2]. The Kier molecular flexibility index (Phi) is 7.50. The van der Waals surface area contributed by atoms with Gasteiger partial charge in [0.2, 0.25) is 0 Å². The van der Waals surface area contributed by atoms with Crippen LogP contribution in [0.4, 0.5) is 0 Å². The number of hydrogen-bond acceptors (Lipinski definition) is 2. The molecule has 1 aromatic carbocycles. The van der Waals surface area contributed by atoms with E-state index >= 15 is 0 Å². The molecule has 0 amide bonds. The van der Waals surface area contributed by atoms with E-state index in [9.17, 15) is 0 Å². The molecule has 0 saturated heterocycles. The Morgan fingerprint density at radius 2 is 1.81 bits per heavy atom. The van der Waals surface area contributed by atoms with E-state index in [1.165, 1.54) is 38.5 Å². The topological polar surface area (TPSA) is 21.3 Å². The number of benzene rings is 1. The molecular formula is C29H37FeNO+2. The maximum absolute atomic E-state index is 5.46. The Morgan fingerprint density at radius 1 is 1.03 bits per heavy atom. The van der Waals surface area contributed by atoms with Crippen LogP contribution >= 0.6 is 0 Å². The Labute approximate surface area is 204 Å². The summed E-state index contributed by atoms with van der Waals surface area (Å²) in [5, 5.41) is 3.90. The normalized spacial score (nSPS) is 33.7. The molecule has 170 valence electrons. The summed E-state index contributed by atoms with van der Waals surface area (Å²) in [6, 6.07) is 7.97. The zero-order valence-corrected chi connectivity index (χ0v) is 20.6. The standard InChI is InChI=1S/C24H31NO.C5H6.Fe/c1-24-12-11-21-20-10-8-19(26-2)13-16(20)7-9-22(21)23(24)14-18(15-24)25-17-5-3-4-6-17;1-2-4-5-3-1;/h3-6,8,10,13,17-18,21-23,25H,7,9,11-12,14-15H2,1-2H3;1-4H,5H2;/q;;+2/t18-,21?,22?,23?,24+;;/m0../s1. The fraction of sp³-hybridized carbons (Fsp3) is 0.517. The molecule has 6 rings (SSSR count). The van der Waals surface area contributed by atoms with Crippen LogP contribution in [0.1, 0.15) is 62.5 Å². The molecule has 5 atom stereocenters. The van der Waals surface area contributed by atoms with E-state index in [2.05, 4.69) is 79.0 Å². The molecule has 0 aliphatic heterocycles. The van der Waals surface area contributed by atoms with Crippen LogP contribution in [0.2, 0.25) is 0 Å². The maximum atomic E-state index is 5.46. The number of methoxy groups -OCH3 is 1. The molecule has 5 aliphatic rings. The summed E-state index contributed by atoms with van der Waals surface area (Å²) in [6.45, 7) is 2.58. The van der Waals surface area contributed by atoms with E-state index in [0.29, 0.717) is 17.5 Å². The van der Waals surface area contributed by atoms with Gasteiger partial charge in [0.15, 0.2) is 0 Å². The number of nitrogens with one attached hydrogen (secondary N) is 1. The molecule has 0 heterocycles. The van der Waals surface area contributed by atoms with Crippen molar-refractivity contribution >= 4 is 0 Å². The van der Waals surface area contributed by atoms with Crippen molar-refractivity contribution in [2.24, 2.45) is 17.3 Å². The number of aryl methyl sites for hydroxylation is 1. The van der Waals surface area contributed by atoms with Gasteiger partial charge in [-0.15, -0.1) is 0 Å². The van der Waals surface area contributed by atoms with Gasteiger partial charge in [0.1, 0.15) is 5.75 Å². The van der Waals surface area contributed by atoms with Crippen molar-refractivity contribution in [3.8, 4) is 5.75 Å². The molecule has 3 unspecified atom stereocenters. The van der Waals surface area contributed by atoms with E-state index in [0.717, 1.165) is 29.9 Å². The van der Waals surface area contributed by atoms with Crippen LogP contribution < -0.4 is 10.1 Å². The Balaban J connectivity index is 0.000000363. The molecule has 3 heteroatoms. The van der Waals surface area contributed by atoms with Crippen molar-refractivity contribution in [1.82, 2.24) is 5.32 Å². The van der Waals surface area contributed by atoms with Crippen molar-refractivity contribution in [2.45, 2.75) is 69.9 Å². The summed E-state index contributed by atoms with van der Waals surface area (Å²) in [7, 11) is 1.78. The van der Waals surface area contributed by atoms with Gasteiger partial charge in [-0.25, -0.2) is 0 Å². The van der Waals surface area contributed by atoms with E-state index in [1.807, 2.05) is 0 Å². The molecule has 1 aromatic rings. The molecule has 0 radical (unpaired) electrons. The van der Waals surface area contributed by atoms with E-state index < -0.39 is 0 Å². The van der Waals surface area contributed by atoms with Crippen LogP contribution in [-0.2, 0) is 23.5 Å². The maximum Gasteiger partial charge on any atom is 2.00 e. The number of hydrogen-bond donors (Lipinski definition) is 1. The largest absolute Gasteiger partial charge is 2.00 e. The van der Waals surface area contributed by atoms with Gasteiger partial charge in [0, 0.05) is 12.1 Å². The smallest absolute Gasteiger partial charge is 0.497 e. The van der Waals surface area contributed by atoms with Gasteiger partial charge in [-0.3, -0.25) is 0 Å². The molecule has 0 aromatic heterocycles. The van der Waals surface area contributed by atoms with Crippen LogP contribution in [0.25, 0.3) is 0 Å². The third kappa shape index (κ3) is 4.72. The fourth-order valence-corrected chi connectivity index (χ4v) is 7.08. The van der Waals surface area contributed by atoms with Crippen LogP contribution in [0.3, 0.4) is 0 Å². The summed E-state index contributed by atoms with van der Waals surface area (Å²) in [5.74, 6) is 3.54. The van der Waals surface area contributed by atoms with E-state index in [-0.39, 0.29) is 17.1 Å². The van der Waals surface area contributed by atoms with Gasteiger partial charge in [-0.05, 0) is 91.4 Å². The first kappa shape index (κ1) is 23.6. The molecule has 5 aliphatic carbocycles. The monoisotopic (exact) mass is 471 g/mol. The van der Waals surface area contributed by atoms with Crippen molar-refractivity contribution in [1.29, 1.82) is 0 Å². The van der Waals surface area contributed by atoms with Crippen molar-refractivity contribution in [3.63, 3.8) is 0 Å². The Bertz CT molecular complexity index is 894. The second-order valence-electron chi connectivity index (χ2n) is 10.4. The predicted octanol–water partition coefficient (Wildman–Crippen LogP) is 6.50. The molecule has 1 N–H and O–H groups in total. The molecule has 2 nitrogen and oxygen atoms in total. The zero-order chi connectivity index (χ0) is 21.3. The minimum absolute atomic E-state index is 0. The summed E-state index contributed by atoms with van der Waals surface area (Å²) in [5.41, 5.74) is 3.71. The van der Waals surface area contributed by atoms with Crippen LogP contribution in [0.15, 0.2) is 66.8 Å². The molecule has 2 saturated carbocycles. The Morgan fingerprint density at radius 3 is 2.50 bits per heavy atom. The van der Waals surface area contributed by atoms with Crippen molar-refractivity contribution in [3.05, 3.63) is 77.9 Å². The molecule has 2 fully saturated rings. The summed E-state index contributed by atoms with van der Waals surface area (Å²) in [4.78, 5) is 0. The van der Waals surface area contributed by atoms with Crippen LogP contribution in [-0.4, -0.2) is 19.2 Å². The van der Waals surface area contributed by atoms with Gasteiger partial charge >= 0.3 is 17.1 Å². The Hall–Kier alpha value is -1.54. The second kappa shape index (κ2) is 10.2. The molecular weight excluding hydrogens is 434 g/mol. The molecule has 0 bridgehead atoms. The van der Waals surface area contributed by atoms with Crippen molar-refractivity contribution in [2.75, 3.05) is 7.11 Å². The number of fused-ring (bicyclic) bond motifs is 5. The summed E-state index contributed by atoms with van der Waals surface area (Å²) < 4.78 is 5.46. The van der Waals surface area contributed by atoms with Gasteiger partial charge < -0.3 is 10.1 Å². The minimum atomic E-state index is 0. The number of allylic oxidation sites excluding steroid dienone is 6. The molecule has 32 heavy (non-hydrogen) atoms. The molecule has 0 spiro atoms. The van der Waals surface area contributed by atoms with E-state index in [1.54, 1.807) is 18.2 Å². The average Bonchev–Trinajstić information content (AvgIpc) is 3.56. The summed E-state index contributed by atoms with van der Waals surface area (Å²) >= 11 is 0. The van der Waals surface area contributed by atoms with Gasteiger partial charge in [0.25, 0.3) is 0 Å². The zero-order valence-electron chi connectivity index (χ0n) is 19.4. The van der Waals surface area contributed by atoms with Gasteiger partial charge in [-0.1, -0.05) is 61.6 Å². The average molecular weight is 471 g/mol. The first-order chi connectivity index (χ1) is 15.2. The van der Waals surface area contributed by atoms with Crippen LogP contribution in [0, 0.1) is 17.3 Å². The van der Waals surface area contributed by atoms with Crippen LogP contribution in [0.5, 0.6) is 5.75 Å². The summed E-state index contributed by atoms with van der Waals surface area (Å²) in [6.07, 6.45) is 26.5. The quantitative estimate of drug-likeness (QED) is 0.508. The first-order valence-electron chi connectivity index (χ1n) is 12.3. The first-order valence-corrected chi connectivity index (χ1v) is 12.3. The van der Waals surface area contributed by atoms with Crippen molar-refractivity contribution < 1.29 is 21.8 Å². The minimum Gasteiger partial charge on any atom is -0.497 e. The second-order valence-corrected chi connectivity index (χ2v) is 10.4. The van der Waals surface area contributed by atoms with Gasteiger partial charge in [-0.2, -0.15) is 0 Å². The third-order valence-electron chi connectivity index (χ3n) is 8.53. The number of ether oxygens (including phenoxy) is 1.